The van der Waals surface area contributed by atoms with Gasteiger partial charge in [-0.25, -0.2) is 4.98 Å². The molecule has 0 spiro atoms. The number of benzene rings is 1. The number of anilines is 1. The van der Waals surface area contributed by atoms with E-state index in [0.29, 0.717) is 15.6 Å². The van der Waals surface area contributed by atoms with Crippen LogP contribution in [0.15, 0.2) is 34.6 Å². The number of carbonyl (C=O) groups is 2. The number of aromatic nitrogens is 2. The second-order valence-electron chi connectivity index (χ2n) is 6.00. The molecule has 0 saturated heterocycles. The largest absolute Gasteiger partial charge is 0.319 e. The van der Waals surface area contributed by atoms with Crippen molar-refractivity contribution in [3.05, 3.63) is 40.1 Å². The lowest BCUT2D eigenvalue weighted by Crippen LogP contribution is -2.14. The molecule has 0 bridgehead atoms. The third kappa shape index (κ3) is 3.54. The lowest BCUT2D eigenvalue weighted by molar-refractivity contribution is -0.118. The van der Waals surface area contributed by atoms with Crippen LogP contribution in [0.1, 0.15) is 18.5 Å². The number of aryl methyl sites for hydroxylation is 1. The summed E-state index contributed by atoms with van der Waals surface area (Å²) in [5.41, 5.74) is 1.69. The van der Waals surface area contributed by atoms with Gasteiger partial charge in [0.2, 0.25) is 5.91 Å². The van der Waals surface area contributed by atoms with Gasteiger partial charge in [-0.15, -0.1) is 11.3 Å². The molecule has 0 aliphatic heterocycles. The zero-order valence-corrected chi connectivity index (χ0v) is 15.2. The Bertz CT molecular complexity index is 1030. The topological polar surface area (TPSA) is 76.3 Å². The molecule has 8 heteroatoms. The van der Waals surface area contributed by atoms with Gasteiger partial charge in [-0.05, 0) is 25.0 Å². The van der Waals surface area contributed by atoms with E-state index in [2.05, 4.69) is 15.3 Å². The van der Waals surface area contributed by atoms with Crippen molar-refractivity contribution in [3.63, 3.8) is 0 Å². The first-order chi connectivity index (χ1) is 12.1. The predicted molar refractivity (Wildman–Crippen MR) is 98.5 cm³/mol. The van der Waals surface area contributed by atoms with Crippen molar-refractivity contribution < 1.29 is 9.59 Å². The number of hydrogen-bond acceptors (Lipinski definition) is 5. The number of thiazole rings is 2. The summed E-state index contributed by atoms with van der Waals surface area (Å²) in [6, 6.07) is 7.95. The fraction of sp³-hybridized carbons (Fsp3) is 0.294. The van der Waals surface area contributed by atoms with Crippen molar-refractivity contribution >= 4 is 49.8 Å². The first-order valence-electron chi connectivity index (χ1n) is 7.97. The molecule has 2 heterocycles. The molecule has 1 fully saturated rings. The van der Waals surface area contributed by atoms with E-state index >= 15 is 0 Å². The molecule has 25 heavy (non-hydrogen) atoms. The van der Waals surface area contributed by atoms with Crippen LogP contribution in [0.25, 0.3) is 10.2 Å². The van der Waals surface area contributed by atoms with Gasteiger partial charge >= 0.3 is 0 Å². The standard InChI is InChI=1S/C17H16N4O2S2/c1-21-12-4-2-3-5-13(12)25-17(21)19-14(22)8-11-9-24-16(18-11)20-15(23)10-6-7-10/h2-5,9-10H,6-8H2,1H3,(H,18,20,23). The van der Waals surface area contributed by atoms with E-state index in [9.17, 15) is 9.59 Å². The van der Waals surface area contributed by atoms with Crippen molar-refractivity contribution in [2.75, 3.05) is 5.32 Å². The van der Waals surface area contributed by atoms with Gasteiger partial charge in [-0.1, -0.05) is 23.5 Å². The molecule has 1 saturated carbocycles. The minimum absolute atomic E-state index is 0.0224. The van der Waals surface area contributed by atoms with Crippen molar-refractivity contribution in [2.24, 2.45) is 18.0 Å². The maximum absolute atomic E-state index is 12.3. The Morgan fingerprint density at radius 2 is 2.16 bits per heavy atom. The summed E-state index contributed by atoms with van der Waals surface area (Å²) in [6.45, 7) is 0. The molecule has 1 aliphatic rings. The zero-order valence-electron chi connectivity index (χ0n) is 13.6. The number of rotatable bonds is 4. The Morgan fingerprint density at radius 3 is 2.92 bits per heavy atom. The summed E-state index contributed by atoms with van der Waals surface area (Å²) >= 11 is 2.83. The number of amides is 2. The smallest absolute Gasteiger partial charge is 0.254 e. The predicted octanol–water partition coefficient (Wildman–Crippen LogP) is 2.71. The SMILES string of the molecule is Cn1c(=NC(=O)Cc2csc(NC(=O)C3CC3)n2)sc2ccccc21. The zero-order chi connectivity index (χ0) is 17.4. The summed E-state index contributed by atoms with van der Waals surface area (Å²) in [4.78, 5) is 33.2. The van der Waals surface area contributed by atoms with Crippen LogP contribution in [0.3, 0.4) is 0 Å². The number of fused-ring (bicyclic) bond motifs is 1. The van der Waals surface area contributed by atoms with Gasteiger partial charge in [0, 0.05) is 18.3 Å². The molecule has 3 aromatic rings. The highest BCUT2D eigenvalue weighted by Crippen LogP contribution is 2.30. The van der Waals surface area contributed by atoms with Gasteiger partial charge in [-0.3, -0.25) is 9.59 Å². The Labute approximate surface area is 151 Å². The van der Waals surface area contributed by atoms with E-state index in [1.165, 1.54) is 22.7 Å². The molecular weight excluding hydrogens is 356 g/mol. The Morgan fingerprint density at radius 1 is 1.36 bits per heavy atom. The molecule has 2 amide bonds. The highest BCUT2D eigenvalue weighted by atomic mass is 32.1. The molecular formula is C17H16N4O2S2. The molecule has 0 atom stereocenters. The van der Waals surface area contributed by atoms with Crippen LogP contribution in [0.2, 0.25) is 0 Å². The van der Waals surface area contributed by atoms with Gasteiger partial charge in [0.25, 0.3) is 5.91 Å². The molecule has 4 rings (SSSR count). The summed E-state index contributed by atoms with van der Waals surface area (Å²) in [6.07, 6.45) is 2.03. The second kappa shape index (κ2) is 6.53. The average Bonchev–Trinajstić information content (AvgIpc) is 3.29. The molecule has 1 N–H and O–H groups in total. The van der Waals surface area contributed by atoms with Crippen LogP contribution in [-0.2, 0) is 23.1 Å². The van der Waals surface area contributed by atoms with E-state index < -0.39 is 0 Å². The Kier molecular flexibility index (Phi) is 4.22. The summed E-state index contributed by atoms with van der Waals surface area (Å²) in [5.74, 6) is -0.0846. The average molecular weight is 372 g/mol. The van der Waals surface area contributed by atoms with Crippen LogP contribution in [0, 0.1) is 5.92 Å². The molecule has 1 aromatic carbocycles. The minimum Gasteiger partial charge on any atom is -0.319 e. The van der Waals surface area contributed by atoms with Gasteiger partial charge in [-0.2, -0.15) is 4.99 Å². The van der Waals surface area contributed by atoms with Crippen LogP contribution < -0.4 is 10.1 Å². The molecule has 1 aliphatic carbocycles. The fourth-order valence-electron chi connectivity index (χ4n) is 2.49. The van der Waals surface area contributed by atoms with E-state index in [1.807, 2.05) is 35.9 Å². The highest BCUT2D eigenvalue weighted by molar-refractivity contribution is 7.16. The first kappa shape index (κ1) is 16.2. The van der Waals surface area contributed by atoms with Gasteiger partial charge < -0.3 is 9.88 Å². The van der Waals surface area contributed by atoms with Gasteiger partial charge in [0.1, 0.15) is 0 Å². The fourth-order valence-corrected chi connectivity index (χ4v) is 4.24. The second-order valence-corrected chi connectivity index (χ2v) is 7.87. The van der Waals surface area contributed by atoms with Crippen molar-refractivity contribution in [2.45, 2.75) is 19.3 Å². The third-order valence-corrected chi connectivity index (χ3v) is 5.92. The van der Waals surface area contributed by atoms with E-state index in [-0.39, 0.29) is 24.2 Å². The normalized spacial score (nSPS) is 14.8. The monoisotopic (exact) mass is 372 g/mol. The number of nitrogens with one attached hydrogen (secondary N) is 1. The van der Waals surface area contributed by atoms with E-state index in [0.717, 1.165) is 23.1 Å². The summed E-state index contributed by atoms with van der Waals surface area (Å²) in [5, 5.41) is 5.14. The Hall–Kier alpha value is -2.32. The third-order valence-electron chi connectivity index (χ3n) is 4.00. The van der Waals surface area contributed by atoms with Crippen LogP contribution >= 0.6 is 22.7 Å². The van der Waals surface area contributed by atoms with E-state index in [4.69, 9.17) is 0 Å². The van der Waals surface area contributed by atoms with Gasteiger partial charge in [0.15, 0.2) is 9.93 Å². The summed E-state index contributed by atoms with van der Waals surface area (Å²) < 4.78 is 3.01. The van der Waals surface area contributed by atoms with Gasteiger partial charge in [0.05, 0.1) is 22.3 Å². The maximum atomic E-state index is 12.3. The van der Waals surface area contributed by atoms with Crippen LogP contribution in [0.5, 0.6) is 0 Å². The van der Waals surface area contributed by atoms with Crippen LogP contribution in [-0.4, -0.2) is 21.4 Å². The quantitative estimate of drug-likeness (QED) is 0.765. The lowest BCUT2D eigenvalue weighted by atomic mass is 10.3. The van der Waals surface area contributed by atoms with Crippen molar-refractivity contribution in [1.82, 2.24) is 9.55 Å². The molecule has 128 valence electrons. The molecule has 2 aromatic heterocycles. The lowest BCUT2D eigenvalue weighted by Gasteiger charge is -1.97. The first-order valence-corrected chi connectivity index (χ1v) is 9.67. The highest BCUT2D eigenvalue weighted by Gasteiger charge is 2.30. The number of para-hydroxylation sites is 1. The summed E-state index contributed by atoms with van der Waals surface area (Å²) in [7, 11) is 1.90. The van der Waals surface area contributed by atoms with Crippen molar-refractivity contribution in [3.8, 4) is 0 Å². The minimum atomic E-state index is -0.243. The van der Waals surface area contributed by atoms with E-state index in [1.54, 1.807) is 5.38 Å². The maximum Gasteiger partial charge on any atom is 0.254 e. The number of nitrogens with zero attached hydrogens (tertiary/aromatic N) is 3. The van der Waals surface area contributed by atoms with Crippen LogP contribution in [0.4, 0.5) is 5.13 Å². The molecule has 0 radical (unpaired) electrons. The number of hydrogen-bond donors (Lipinski definition) is 1. The van der Waals surface area contributed by atoms with Crippen molar-refractivity contribution in [1.29, 1.82) is 0 Å². The number of carbonyl (C=O) groups excluding carboxylic acids is 2. The molecule has 0 unspecified atom stereocenters. The molecule has 6 nitrogen and oxygen atoms in total. The Balaban J connectivity index is 1.48.